The van der Waals surface area contributed by atoms with Gasteiger partial charge in [0.25, 0.3) is 10.0 Å². The summed E-state index contributed by atoms with van der Waals surface area (Å²) in [7, 11) is -3.58. The number of imidazole rings is 1. The van der Waals surface area contributed by atoms with Crippen molar-refractivity contribution in [3.8, 4) is 0 Å². The number of nitrogens with one attached hydrogen (secondary N) is 2. The van der Waals surface area contributed by atoms with Crippen molar-refractivity contribution in [3.05, 3.63) is 35.7 Å². The van der Waals surface area contributed by atoms with Crippen molar-refractivity contribution >= 4 is 10.0 Å². The van der Waals surface area contributed by atoms with E-state index in [1.165, 1.54) is 6.20 Å². The summed E-state index contributed by atoms with van der Waals surface area (Å²) < 4.78 is 32.8. The first kappa shape index (κ1) is 13.4. The van der Waals surface area contributed by atoms with Crippen LogP contribution in [0.3, 0.4) is 0 Å². The minimum Gasteiger partial charge on any atom is -0.469 e. The minimum atomic E-state index is -3.58. The summed E-state index contributed by atoms with van der Waals surface area (Å²) in [6.45, 7) is 1.92. The van der Waals surface area contributed by atoms with Crippen LogP contribution in [-0.2, 0) is 22.9 Å². The van der Waals surface area contributed by atoms with Crippen LogP contribution in [0.15, 0.2) is 28.0 Å². The van der Waals surface area contributed by atoms with E-state index in [0.29, 0.717) is 12.2 Å². The van der Waals surface area contributed by atoms with Crippen LogP contribution in [0.4, 0.5) is 0 Å². The Morgan fingerprint density at radius 2 is 2.40 bits per heavy atom. The van der Waals surface area contributed by atoms with Crippen LogP contribution in [0, 0.1) is 0 Å². The van der Waals surface area contributed by atoms with Crippen molar-refractivity contribution < 1.29 is 12.8 Å². The molecule has 3 rings (SSSR count). The first-order valence-electron chi connectivity index (χ1n) is 6.72. The van der Waals surface area contributed by atoms with Gasteiger partial charge in [-0.3, -0.25) is 0 Å². The molecule has 0 aromatic carbocycles. The summed E-state index contributed by atoms with van der Waals surface area (Å²) in [6.07, 6.45) is 6.20. The monoisotopic (exact) mass is 295 g/mol. The van der Waals surface area contributed by atoms with Crippen LogP contribution in [0.1, 0.15) is 43.0 Å². The average Bonchev–Trinajstić information content (AvgIpc) is 3.08. The number of hydrogen-bond acceptors (Lipinski definition) is 4. The summed E-state index contributed by atoms with van der Waals surface area (Å²) >= 11 is 0. The molecule has 1 aliphatic rings. The second kappa shape index (κ2) is 5.06. The third-order valence-electron chi connectivity index (χ3n) is 3.58. The molecule has 7 heteroatoms. The maximum Gasteiger partial charge on any atom is 0.258 e. The van der Waals surface area contributed by atoms with Crippen molar-refractivity contribution in [1.29, 1.82) is 0 Å². The fourth-order valence-corrected chi connectivity index (χ4v) is 3.71. The van der Waals surface area contributed by atoms with Crippen molar-refractivity contribution in [1.82, 2.24) is 14.7 Å². The van der Waals surface area contributed by atoms with Gasteiger partial charge in [-0.25, -0.2) is 18.1 Å². The molecule has 108 valence electrons. The number of aromatic amines is 1. The molecule has 20 heavy (non-hydrogen) atoms. The number of fused-ring (bicyclic) bond motifs is 1. The highest BCUT2D eigenvalue weighted by molar-refractivity contribution is 7.89. The number of nitrogens with zero attached hydrogens (tertiary/aromatic N) is 1. The number of hydrogen-bond donors (Lipinski definition) is 2. The van der Waals surface area contributed by atoms with Crippen LogP contribution < -0.4 is 4.72 Å². The van der Waals surface area contributed by atoms with E-state index < -0.39 is 10.0 Å². The zero-order chi connectivity index (χ0) is 14.2. The molecule has 1 atom stereocenters. The Hall–Kier alpha value is -1.60. The van der Waals surface area contributed by atoms with Gasteiger partial charge in [0, 0.05) is 18.4 Å². The molecular formula is C13H17N3O3S. The highest BCUT2D eigenvalue weighted by Crippen LogP contribution is 2.31. The molecule has 0 amide bonds. The third kappa shape index (κ3) is 2.38. The lowest BCUT2D eigenvalue weighted by Crippen LogP contribution is -2.30. The summed E-state index contributed by atoms with van der Waals surface area (Å²) in [5.74, 6) is 1.54. The lowest BCUT2D eigenvalue weighted by atomic mass is 9.94. The normalized spacial score (nSPS) is 18.9. The third-order valence-corrected chi connectivity index (χ3v) is 4.96. The fourth-order valence-electron chi connectivity index (χ4n) is 2.52. The fraction of sp³-hybridized carbons (Fsp3) is 0.462. The Balaban J connectivity index is 1.84. The Kier molecular flexibility index (Phi) is 3.39. The Morgan fingerprint density at radius 1 is 1.55 bits per heavy atom. The van der Waals surface area contributed by atoms with E-state index in [1.807, 2.05) is 13.0 Å². The van der Waals surface area contributed by atoms with Crippen molar-refractivity contribution in [2.45, 2.75) is 43.7 Å². The number of rotatable bonds is 4. The second-order valence-corrected chi connectivity index (χ2v) is 6.60. The van der Waals surface area contributed by atoms with E-state index in [0.717, 1.165) is 30.6 Å². The molecule has 2 heterocycles. The molecule has 0 saturated heterocycles. The first-order valence-corrected chi connectivity index (χ1v) is 8.21. The van der Waals surface area contributed by atoms with Gasteiger partial charge in [-0.2, -0.15) is 0 Å². The van der Waals surface area contributed by atoms with E-state index in [-0.39, 0.29) is 11.1 Å². The Bertz CT molecular complexity index is 702. The predicted octanol–water partition coefficient (Wildman–Crippen LogP) is 1.92. The molecule has 0 radical (unpaired) electrons. The lowest BCUT2D eigenvalue weighted by molar-refractivity contribution is 0.438. The molecule has 6 nitrogen and oxygen atoms in total. The molecule has 1 unspecified atom stereocenters. The van der Waals surface area contributed by atoms with Crippen LogP contribution >= 0.6 is 0 Å². The molecule has 2 aromatic heterocycles. The Labute approximate surface area is 117 Å². The van der Waals surface area contributed by atoms with E-state index in [1.54, 1.807) is 6.26 Å². The molecule has 1 aliphatic carbocycles. The van der Waals surface area contributed by atoms with Crippen LogP contribution in [-0.4, -0.2) is 18.4 Å². The molecule has 2 aromatic rings. The highest BCUT2D eigenvalue weighted by atomic mass is 32.2. The number of sulfonamides is 1. The highest BCUT2D eigenvalue weighted by Gasteiger charge is 2.28. The zero-order valence-corrected chi connectivity index (χ0v) is 12.0. The molecule has 0 saturated carbocycles. The lowest BCUT2D eigenvalue weighted by Gasteiger charge is -2.22. The second-order valence-electron chi connectivity index (χ2n) is 4.91. The summed E-state index contributed by atoms with van der Waals surface area (Å²) in [4.78, 5) is 6.86. The molecule has 0 bridgehead atoms. The summed E-state index contributed by atoms with van der Waals surface area (Å²) in [5.41, 5.74) is 0.940. The van der Waals surface area contributed by atoms with Gasteiger partial charge in [-0.1, -0.05) is 6.92 Å². The van der Waals surface area contributed by atoms with Gasteiger partial charge in [-0.15, -0.1) is 0 Å². The minimum absolute atomic E-state index is 0.116. The predicted molar refractivity (Wildman–Crippen MR) is 72.7 cm³/mol. The maximum atomic E-state index is 12.3. The SMILES string of the molecule is CCc1ncc(S(=O)(=O)NC2CCCc3occc32)[nH]1. The van der Waals surface area contributed by atoms with Crippen LogP contribution in [0.2, 0.25) is 0 Å². The zero-order valence-electron chi connectivity index (χ0n) is 11.2. The molecule has 0 aliphatic heterocycles. The number of aromatic nitrogens is 2. The first-order chi connectivity index (χ1) is 9.60. The van der Waals surface area contributed by atoms with Gasteiger partial charge in [0.05, 0.1) is 18.5 Å². The molecular weight excluding hydrogens is 278 g/mol. The van der Waals surface area contributed by atoms with Gasteiger partial charge < -0.3 is 9.40 Å². The maximum absolute atomic E-state index is 12.3. The molecule has 0 spiro atoms. The molecule has 2 N–H and O–H groups in total. The largest absolute Gasteiger partial charge is 0.469 e. The van der Waals surface area contributed by atoms with Gasteiger partial charge in [0.15, 0.2) is 5.03 Å². The number of aryl methyl sites for hydroxylation is 2. The average molecular weight is 295 g/mol. The summed E-state index contributed by atoms with van der Waals surface area (Å²) in [6, 6.07) is 1.61. The Morgan fingerprint density at radius 3 is 3.15 bits per heavy atom. The van der Waals surface area contributed by atoms with Gasteiger partial charge in [-0.05, 0) is 18.9 Å². The van der Waals surface area contributed by atoms with Crippen LogP contribution in [0.5, 0.6) is 0 Å². The van der Waals surface area contributed by atoms with E-state index >= 15 is 0 Å². The van der Waals surface area contributed by atoms with Gasteiger partial charge in [0.1, 0.15) is 11.6 Å². The number of furan rings is 1. The van der Waals surface area contributed by atoms with E-state index in [9.17, 15) is 8.42 Å². The number of H-pyrrole nitrogens is 1. The van der Waals surface area contributed by atoms with E-state index in [4.69, 9.17) is 4.42 Å². The topological polar surface area (TPSA) is 88.0 Å². The standard InChI is InChI=1S/C13H17N3O3S/c1-2-12-14-8-13(15-12)20(17,18)16-10-4-3-5-11-9(10)6-7-19-11/h6-8,10,16H,2-5H2,1H3,(H,14,15). The quantitative estimate of drug-likeness (QED) is 0.902. The molecule has 0 fully saturated rings. The van der Waals surface area contributed by atoms with Crippen molar-refractivity contribution in [2.24, 2.45) is 0 Å². The smallest absolute Gasteiger partial charge is 0.258 e. The summed E-state index contributed by atoms with van der Waals surface area (Å²) in [5, 5.41) is 0.116. The van der Waals surface area contributed by atoms with E-state index in [2.05, 4.69) is 14.7 Å². The van der Waals surface area contributed by atoms with Gasteiger partial charge in [0.2, 0.25) is 0 Å². The van der Waals surface area contributed by atoms with Gasteiger partial charge >= 0.3 is 0 Å². The van der Waals surface area contributed by atoms with Crippen LogP contribution in [0.25, 0.3) is 0 Å². The van der Waals surface area contributed by atoms with Crippen molar-refractivity contribution in [3.63, 3.8) is 0 Å². The van der Waals surface area contributed by atoms with Crippen molar-refractivity contribution in [2.75, 3.05) is 0 Å².